The number of aliphatic carboxylic acids is 1. The fourth-order valence-electron chi connectivity index (χ4n) is 1.43. The van der Waals surface area contributed by atoms with Crippen molar-refractivity contribution in [3.8, 4) is 0 Å². The molecule has 0 fully saturated rings. The van der Waals surface area contributed by atoms with Crippen molar-refractivity contribution in [3.63, 3.8) is 0 Å². The van der Waals surface area contributed by atoms with Crippen LogP contribution in [0.1, 0.15) is 16.1 Å². The second kappa shape index (κ2) is 6.49. The van der Waals surface area contributed by atoms with Crippen LogP contribution in [0, 0.1) is 0 Å². The van der Waals surface area contributed by atoms with Gasteiger partial charge in [0.15, 0.2) is 10.1 Å². The minimum absolute atomic E-state index is 0.0422. The lowest BCUT2D eigenvalue weighted by Gasteiger charge is -1.98. The molecule has 0 bridgehead atoms. The number of Topliss-reactive ketones (excluding diaryl/α,β-unsaturated/α-hetero) is 1. The monoisotopic (exact) mass is 293 g/mol. The summed E-state index contributed by atoms with van der Waals surface area (Å²) in [6.45, 7) is 0. The molecule has 0 amide bonds. The average Bonchev–Trinajstić information content (AvgIpc) is 2.84. The summed E-state index contributed by atoms with van der Waals surface area (Å²) < 4.78 is 0.723. The van der Waals surface area contributed by atoms with E-state index in [0.29, 0.717) is 17.0 Å². The minimum Gasteiger partial charge on any atom is -0.481 e. The highest BCUT2D eigenvalue weighted by atomic mass is 32.2. The Balaban J connectivity index is 1.90. The Kier molecular flexibility index (Phi) is 4.70. The van der Waals surface area contributed by atoms with Gasteiger partial charge in [-0.3, -0.25) is 9.59 Å². The standard InChI is InChI=1S/C13H11NO3S2/c15-11(9-4-2-1-3-5-9)8-19-13-14-10(7-18-13)6-12(16)17/h1-5,7H,6,8H2,(H,16,17). The molecule has 1 aromatic heterocycles. The summed E-state index contributed by atoms with van der Waals surface area (Å²) in [5.41, 5.74) is 1.21. The lowest BCUT2D eigenvalue weighted by Crippen LogP contribution is -2.02. The third kappa shape index (κ3) is 4.18. The molecule has 6 heteroatoms. The number of benzene rings is 1. The summed E-state index contributed by atoms with van der Waals surface area (Å²) in [7, 11) is 0. The fourth-order valence-corrected chi connectivity index (χ4v) is 3.16. The number of carbonyl (C=O) groups excluding carboxylic acids is 1. The zero-order valence-electron chi connectivity index (χ0n) is 9.91. The Morgan fingerprint density at radius 3 is 2.68 bits per heavy atom. The maximum atomic E-state index is 11.9. The molecular formula is C13H11NO3S2. The Labute approximate surface area is 118 Å². The molecule has 0 unspecified atom stereocenters. The van der Waals surface area contributed by atoms with Crippen LogP contribution < -0.4 is 0 Å². The summed E-state index contributed by atoms with van der Waals surface area (Å²) in [6, 6.07) is 9.07. The molecule has 0 atom stereocenters. The van der Waals surface area contributed by atoms with E-state index >= 15 is 0 Å². The number of thiazole rings is 1. The van der Waals surface area contributed by atoms with E-state index in [4.69, 9.17) is 5.11 Å². The lowest BCUT2D eigenvalue weighted by molar-refractivity contribution is -0.136. The van der Waals surface area contributed by atoms with Gasteiger partial charge in [-0.25, -0.2) is 4.98 Å². The van der Waals surface area contributed by atoms with Crippen molar-refractivity contribution in [2.75, 3.05) is 5.75 Å². The smallest absolute Gasteiger partial charge is 0.309 e. The van der Waals surface area contributed by atoms with Crippen LogP contribution in [0.2, 0.25) is 0 Å². The minimum atomic E-state index is -0.901. The van der Waals surface area contributed by atoms with E-state index in [2.05, 4.69) is 4.98 Å². The largest absolute Gasteiger partial charge is 0.481 e. The quantitative estimate of drug-likeness (QED) is 0.655. The van der Waals surface area contributed by atoms with Crippen LogP contribution >= 0.6 is 23.1 Å². The first-order valence-electron chi connectivity index (χ1n) is 5.52. The van der Waals surface area contributed by atoms with E-state index in [1.165, 1.54) is 23.1 Å². The summed E-state index contributed by atoms with van der Waals surface area (Å²) in [5, 5.41) is 10.4. The molecular weight excluding hydrogens is 282 g/mol. The number of aromatic nitrogens is 1. The number of thioether (sulfide) groups is 1. The molecule has 0 saturated carbocycles. The average molecular weight is 293 g/mol. The zero-order chi connectivity index (χ0) is 13.7. The van der Waals surface area contributed by atoms with Crippen molar-refractivity contribution in [1.82, 2.24) is 4.98 Å². The van der Waals surface area contributed by atoms with Crippen LogP contribution in [-0.2, 0) is 11.2 Å². The Morgan fingerprint density at radius 2 is 2.00 bits per heavy atom. The van der Waals surface area contributed by atoms with E-state index in [1.807, 2.05) is 18.2 Å². The van der Waals surface area contributed by atoms with Crippen molar-refractivity contribution < 1.29 is 14.7 Å². The molecule has 4 nitrogen and oxygen atoms in total. The predicted octanol–water partition coefficient (Wildman–Crippen LogP) is 2.75. The Bertz CT molecular complexity index is 581. The highest BCUT2D eigenvalue weighted by Crippen LogP contribution is 2.23. The van der Waals surface area contributed by atoms with E-state index in [1.54, 1.807) is 17.5 Å². The van der Waals surface area contributed by atoms with Crippen molar-refractivity contribution in [2.24, 2.45) is 0 Å². The number of carbonyl (C=O) groups is 2. The van der Waals surface area contributed by atoms with Gasteiger partial charge in [0, 0.05) is 10.9 Å². The van der Waals surface area contributed by atoms with Gasteiger partial charge in [0.2, 0.25) is 0 Å². The summed E-state index contributed by atoms with van der Waals surface area (Å²) >= 11 is 2.70. The molecule has 19 heavy (non-hydrogen) atoms. The fraction of sp³-hybridized carbons (Fsp3) is 0.154. The van der Waals surface area contributed by atoms with E-state index in [0.717, 1.165) is 4.34 Å². The topological polar surface area (TPSA) is 67.3 Å². The molecule has 2 rings (SSSR count). The van der Waals surface area contributed by atoms with Crippen LogP contribution in [0.4, 0.5) is 0 Å². The maximum absolute atomic E-state index is 11.9. The van der Waals surface area contributed by atoms with Gasteiger partial charge in [-0.05, 0) is 0 Å². The van der Waals surface area contributed by atoms with Gasteiger partial charge in [-0.2, -0.15) is 0 Å². The number of ketones is 1. The number of carboxylic acids is 1. The number of carboxylic acid groups (broad SMARTS) is 1. The number of nitrogens with zero attached hydrogens (tertiary/aromatic N) is 1. The molecule has 0 radical (unpaired) electrons. The lowest BCUT2D eigenvalue weighted by atomic mass is 10.2. The zero-order valence-corrected chi connectivity index (χ0v) is 11.5. The van der Waals surface area contributed by atoms with Crippen LogP contribution in [-0.4, -0.2) is 27.6 Å². The van der Waals surface area contributed by atoms with Gasteiger partial charge < -0.3 is 5.11 Å². The van der Waals surface area contributed by atoms with E-state index < -0.39 is 5.97 Å². The molecule has 2 aromatic rings. The van der Waals surface area contributed by atoms with Crippen molar-refractivity contribution in [1.29, 1.82) is 0 Å². The van der Waals surface area contributed by atoms with Crippen molar-refractivity contribution >= 4 is 34.9 Å². The first kappa shape index (κ1) is 13.8. The van der Waals surface area contributed by atoms with Gasteiger partial charge in [0.05, 0.1) is 17.9 Å². The molecule has 1 heterocycles. The van der Waals surface area contributed by atoms with Crippen LogP contribution in [0.15, 0.2) is 40.1 Å². The molecule has 0 aliphatic carbocycles. The predicted molar refractivity (Wildman–Crippen MR) is 75.0 cm³/mol. The van der Waals surface area contributed by atoms with Gasteiger partial charge in [0.25, 0.3) is 0 Å². The highest BCUT2D eigenvalue weighted by molar-refractivity contribution is 8.01. The summed E-state index contributed by atoms with van der Waals surface area (Å²) in [5.74, 6) is -0.549. The third-order valence-electron chi connectivity index (χ3n) is 2.29. The van der Waals surface area contributed by atoms with Gasteiger partial charge in [0.1, 0.15) is 0 Å². The Morgan fingerprint density at radius 1 is 1.26 bits per heavy atom. The highest BCUT2D eigenvalue weighted by Gasteiger charge is 2.10. The van der Waals surface area contributed by atoms with Gasteiger partial charge in [-0.1, -0.05) is 42.1 Å². The third-order valence-corrected chi connectivity index (χ3v) is 4.36. The molecule has 1 aromatic carbocycles. The van der Waals surface area contributed by atoms with Crippen molar-refractivity contribution in [3.05, 3.63) is 47.0 Å². The molecule has 98 valence electrons. The number of hydrogen-bond donors (Lipinski definition) is 1. The molecule has 1 N–H and O–H groups in total. The first-order chi connectivity index (χ1) is 9.15. The molecule has 0 spiro atoms. The van der Waals surface area contributed by atoms with Gasteiger partial charge >= 0.3 is 5.97 Å². The summed E-state index contributed by atoms with van der Waals surface area (Å²) in [4.78, 5) is 26.6. The van der Waals surface area contributed by atoms with Crippen LogP contribution in [0.5, 0.6) is 0 Å². The molecule has 0 saturated heterocycles. The van der Waals surface area contributed by atoms with E-state index in [9.17, 15) is 9.59 Å². The first-order valence-corrected chi connectivity index (χ1v) is 7.39. The second-order valence-electron chi connectivity index (χ2n) is 3.75. The number of rotatable bonds is 6. The SMILES string of the molecule is O=C(O)Cc1csc(SCC(=O)c2ccccc2)n1. The van der Waals surface area contributed by atoms with Crippen LogP contribution in [0.25, 0.3) is 0 Å². The summed E-state index contributed by atoms with van der Waals surface area (Å²) in [6.07, 6.45) is -0.0797. The molecule has 0 aliphatic rings. The second-order valence-corrected chi connectivity index (χ2v) is 5.83. The van der Waals surface area contributed by atoms with Crippen molar-refractivity contribution in [2.45, 2.75) is 10.8 Å². The Hall–Kier alpha value is -1.66. The van der Waals surface area contributed by atoms with Crippen LogP contribution in [0.3, 0.4) is 0 Å². The normalized spacial score (nSPS) is 10.3. The molecule has 0 aliphatic heterocycles. The van der Waals surface area contributed by atoms with Gasteiger partial charge in [-0.15, -0.1) is 11.3 Å². The number of hydrogen-bond acceptors (Lipinski definition) is 5. The maximum Gasteiger partial charge on any atom is 0.309 e. The van der Waals surface area contributed by atoms with E-state index in [-0.39, 0.29) is 12.2 Å².